The number of aromatic nitrogens is 1. The molecule has 3 heterocycles. The summed E-state index contributed by atoms with van der Waals surface area (Å²) in [6.45, 7) is 3.69. The number of ether oxygens (including phenoxy) is 1. The first kappa shape index (κ1) is 16.7. The highest BCUT2D eigenvalue weighted by atomic mass is 16.5. The van der Waals surface area contributed by atoms with Crippen molar-refractivity contribution in [3.05, 3.63) is 23.4 Å². The van der Waals surface area contributed by atoms with Gasteiger partial charge in [0.1, 0.15) is 18.1 Å². The van der Waals surface area contributed by atoms with Gasteiger partial charge in [-0.05, 0) is 12.5 Å². The molecule has 2 aliphatic heterocycles. The van der Waals surface area contributed by atoms with Crippen LogP contribution in [0.25, 0.3) is 0 Å². The van der Waals surface area contributed by atoms with E-state index in [-0.39, 0.29) is 25.0 Å². The number of carbonyl (C=O) groups excluding carboxylic acids is 2. The highest BCUT2D eigenvalue weighted by Crippen LogP contribution is 2.24. The molecular formula is C16H22N4O4. The first-order valence-electron chi connectivity index (χ1n) is 8.18. The van der Waals surface area contributed by atoms with Crippen molar-refractivity contribution in [2.24, 2.45) is 0 Å². The molecule has 2 aliphatic rings. The predicted octanol–water partition coefficient (Wildman–Crippen LogP) is -0.627. The number of hydrogen-bond acceptors (Lipinski definition) is 6. The Balaban J connectivity index is 1.63. The average molecular weight is 334 g/mol. The van der Waals surface area contributed by atoms with Gasteiger partial charge in [-0.3, -0.25) is 9.59 Å². The molecule has 0 aliphatic carbocycles. The molecule has 0 spiro atoms. The van der Waals surface area contributed by atoms with E-state index in [1.54, 1.807) is 0 Å². The molecule has 2 N–H and O–H groups in total. The maximum absolute atomic E-state index is 12.5. The Morgan fingerprint density at radius 2 is 2.12 bits per heavy atom. The van der Waals surface area contributed by atoms with Gasteiger partial charge in [0.2, 0.25) is 5.91 Å². The van der Waals surface area contributed by atoms with Crippen molar-refractivity contribution in [1.29, 1.82) is 0 Å². The molecule has 1 aromatic heterocycles. The van der Waals surface area contributed by atoms with Crippen LogP contribution >= 0.6 is 0 Å². The summed E-state index contributed by atoms with van der Waals surface area (Å²) >= 11 is 0. The van der Waals surface area contributed by atoms with E-state index in [9.17, 15) is 9.59 Å². The van der Waals surface area contributed by atoms with E-state index in [1.807, 2.05) is 12.1 Å². The summed E-state index contributed by atoms with van der Waals surface area (Å²) in [4.78, 5) is 32.5. The van der Waals surface area contributed by atoms with Crippen LogP contribution in [0.4, 0.5) is 5.82 Å². The van der Waals surface area contributed by atoms with Gasteiger partial charge < -0.3 is 25.0 Å². The summed E-state index contributed by atoms with van der Waals surface area (Å²) in [5.74, 6) is 0.343. The van der Waals surface area contributed by atoms with Crippen LogP contribution in [0.3, 0.4) is 0 Å². The molecule has 1 aromatic rings. The van der Waals surface area contributed by atoms with Gasteiger partial charge in [-0.1, -0.05) is 6.07 Å². The van der Waals surface area contributed by atoms with Crippen molar-refractivity contribution >= 4 is 17.6 Å². The SMILES string of the molecule is O=C(CN1Cc2ccc(N3CCOCC3)nc2C1=O)NCCCO. The van der Waals surface area contributed by atoms with Crippen LogP contribution in [0, 0.1) is 0 Å². The molecule has 0 unspecified atom stereocenters. The number of fused-ring (bicyclic) bond motifs is 1. The molecule has 0 atom stereocenters. The molecule has 3 rings (SSSR count). The van der Waals surface area contributed by atoms with Gasteiger partial charge in [0.15, 0.2) is 0 Å². The van der Waals surface area contributed by atoms with Gasteiger partial charge in [0.25, 0.3) is 5.91 Å². The largest absolute Gasteiger partial charge is 0.396 e. The van der Waals surface area contributed by atoms with Crippen molar-refractivity contribution in [2.45, 2.75) is 13.0 Å². The van der Waals surface area contributed by atoms with E-state index in [1.165, 1.54) is 4.90 Å². The fourth-order valence-corrected chi connectivity index (χ4v) is 2.85. The van der Waals surface area contributed by atoms with Gasteiger partial charge >= 0.3 is 0 Å². The zero-order chi connectivity index (χ0) is 16.9. The summed E-state index contributed by atoms with van der Waals surface area (Å²) in [5, 5.41) is 11.4. The topological polar surface area (TPSA) is 95.0 Å². The molecule has 1 fully saturated rings. The summed E-state index contributed by atoms with van der Waals surface area (Å²) in [6.07, 6.45) is 0.504. The van der Waals surface area contributed by atoms with Gasteiger partial charge in [-0.2, -0.15) is 0 Å². The number of morpholine rings is 1. The summed E-state index contributed by atoms with van der Waals surface area (Å²) < 4.78 is 5.33. The minimum Gasteiger partial charge on any atom is -0.396 e. The van der Waals surface area contributed by atoms with Crippen LogP contribution in [-0.2, 0) is 16.1 Å². The van der Waals surface area contributed by atoms with Crippen LogP contribution in [0.2, 0.25) is 0 Å². The Bertz CT molecular complexity index is 616. The second kappa shape index (κ2) is 7.59. The number of aliphatic hydroxyl groups is 1. The van der Waals surface area contributed by atoms with Crippen molar-refractivity contribution < 1.29 is 19.4 Å². The molecule has 0 bridgehead atoms. The first-order valence-corrected chi connectivity index (χ1v) is 8.18. The maximum atomic E-state index is 12.5. The summed E-state index contributed by atoms with van der Waals surface area (Å²) in [5.41, 5.74) is 1.28. The van der Waals surface area contributed by atoms with Crippen LogP contribution in [0.5, 0.6) is 0 Å². The fourth-order valence-electron chi connectivity index (χ4n) is 2.85. The number of carbonyl (C=O) groups is 2. The van der Waals surface area contributed by atoms with Gasteiger partial charge in [-0.15, -0.1) is 0 Å². The lowest BCUT2D eigenvalue weighted by atomic mass is 10.2. The lowest BCUT2D eigenvalue weighted by Gasteiger charge is -2.27. The number of rotatable bonds is 6. The van der Waals surface area contributed by atoms with E-state index in [2.05, 4.69) is 15.2 Å². The highest BCUT2D eigenvalue weighted by molar-refractivity contribution is 5.98. The number of nitrogens with zero attached hydrogens (tertiary/aromatic N) is 3. The Morgan fingerprint density at radius 1 is 1.33 bits per heavy atom. The highest BCUT2D eigenvalue weighted by Gasteiger charge is 2.31. The third-order valence-corrected chi connectivity index (χ3v) is 4.14. The van der Waals surface area contributed by atoms with Crippen LogP contribution in [0.1, 0.15) is 22.5 Å². The maximum Gasteiger partial charge on any atom is 0.273 e. The van der Waals surface area contributed by atoms with Crippen molar-refractivity contribution in [3.8, 4) is 0 Å². The lowest BCUT2D eigenvalue weighted by molar-refractivity contribution is -0.121. The summed E-state index contributed by atoms with van der Waals surface area (Å²) in [6, 6.07) is 3.83. The molecule has 8 heteroatoms. The van der Waals surface area contributed by atoms with Crippen LogP contribution < -0.4 is 10.2 Å². The average Bonchev–Trinajstić information content (AvgIpc) is 2.91. The number of hydrogen-bond donors (Lipinski definition) is 2. The first-order chi connectivity index (χ1) is 11.7. The van der Waals surface area contributed by atoms with Gasteiger partial charge in [0.05, 0.1) is 13.2 Å². The number of anilines is 1. The standard InChI is InChI=1S/C16H22N4O4/c21-7-1-4-17-14(22)11-20-10-12-2-3-13(18-15(12)16(20)23)19-5-8-24-9-6-19/h2-3,21H,1,4-11H2,(H,17,22). The fraction of sp³-hybridized carbons (Fsp3) is 0.562. The quantitative estimate of drug-likeness (QED) is 0.673. The van der Waals surface area contributed by atoms with Crippen molar-refractivity contribution in [2.75, 3.05) is 50.9 Å². The number of amides is 2. The molecule has 0 saturated carbocycles. The van der Waals surface area contributed by atoms with E-state index < -0.39 is 0 Å². The molecule has 0 aromatic carbocycles. The number of pyridine rings is 1. The van der Waals surface area contributed by atoms with Crippen LogP contribution in [-0.4, -0.2) is 72.8 Å². The normalized spacial score (nSPS) is 17.1. The molecule has 8 nitrogen and oxygen atoms in total. The van der Waals surface area contributed by atoms with E-state index in [4.69, 9.17) is 9.84 Å². The van der Waals surface area contributed by atoms with Crippen molar-refractivity contribution in [1.82, 2.24) is 15.2 Å². The lowest BCUT2D eigenvalue weighted by Crippen LogP contribution is -2.38. The van der Waals surface area contributed by atoms with Gasteiger partial charge in [-0.25, -0.2) is 4.98 Å². The monoisotopic (exact) mass is 334 g/mol. The Labute approximate surface area is 140 Å². The molecule has 0 radical (unpaired) electrons. The second-order valence-corrected chi connectivity index (χ2v) is 5.86. The molecule has 2 amide bonds. The Hall–Kier alpha value is -2.19. The van der Waals surface area contributed by atoms with Crippen molar-refractivity contribution in [3.63, 3.8) is 0 Å². The predicted molar refractivity (Wildman–Crippen MR) is 86.7 cm³/mol. The van der Waals surface area contributed by atoms with E-state index in [0.717, 1.165) is 24.5 Å². The minimum absolute atomic E-state index is 0.00745. The third-order valence-electron chi connectivity index (χ3n) is 4.14. The Morgan fingerprint density at radius 3 is 2.88 bits per heavy atom. The van der Waals surface area contributed by atoms with E-state index in [0.29, 0.717) is 38.4 Å². The number of aliphatic hydroxyl groups excluding tert-OH is 1. The Kier molecular flexibility index (Phi) is 5.27. The van der Waals surface area contributed by atoms with Gasteiger partial charge in [0, 0.05) is 38.3 Å². The molecule has 24 heavy (non-hydrogen) atoms. The number of nitrogens with one attached hydrogen (secondary N) is 1. The molecule has 1 saturated heterocycles. The smallest absolute Gasteiger partial charge is 0.273 e. The molecular weight excluding hydrogens is 312 g/mol. The van der Waals surface area contributed by atoms with Crippen LogP contribution in [0.15, 0.2) is 12.1 Å². The summed E-state index contributed by atoms with van der Waals surface area (Å²) in [7, 11) is 0. The zero-order valence-corrected chi connectivity index (χ0v) is 13.5. The second-order valence-electron chi connectivity index (χ2n) is 5.86. The zero-order valence-electron chi connectivity index (χ0n) is 13.5. The molecule has 130 valence electrons. The minimum atomic E-state index is -0.224. The third kappa shape index (κ3) is 3.65. The van der Waals surface area contributed by atoms with E-state index >= 15 is 0 Å².